The molecule has 2 aromatic rings. The van der Waals surface area contributed by atoms with Gasteiger partial charge >= 0.3 is 6.09 Å². The molecule has 1 fully saturated rings. The van der Waals surface area contributed by atoms with E-state index in [2.05, 4.69) is 26.2 Å². The highest BCUT2D eigenvalue weighted by Gasteiger charge is 2.29. The van der Waals surface area contributed by atoms with E-state index in [1.807, 2.05) is 39.0 Å². The van der Waals surface area contributed by atoms with E-state index < -0.39 is 5.60 Å². The van der Waals surface area contributed by atoms with Gasteiger partial charge in [0.25, 0.3) is 6.01 Å². The molecule has 1 aromatic heterocycles. The monoisotopic (exact) mass is 395 g/mol. The van der Waals surface area contributed by atoms with E-state index in [1.54, 1.807) is 4.90 Å². The number of carbonyl (C=O) groups is 1. The first-order valence-corrected chi connectivity index (χ1v) is 8.87. The van der Waals surface area contributed by atoms with Crippen molar-refractivity contribution >= 4 is 39.1 Å². The molecule has 0 radical (unpaired) electrons. The van der Waals surface area contributed by atoms with Gasteiger partial charge in [-0.3, -0.25) is 0 Å². The topological polar surface area (TPSA) is 67.6 Å². The molecule has 1 aliphatic heterocycles. The number of carbonyl (C=O) groups excluding carboxylic acids is 1. The second-order valence-electron chi connectivity index (χ2n) is 7.09. The molecule has 0 unspecified atom stereocenters. The molecule has 1 aromatic carbocycles. The van der Waals surface area contributed by atoms with Crippen LogP contribution in [-0.4, -0.2) is 41.2 Å². The van der Waals surface area contributed by atoms with Crippen molar-refractivity contribution in [2.75, 3.05) is 25.0 Å². The van der Waals surface area contributed by atoms with Crippen LogP contribution in [0.2, 0.25) is 0 Å². The van der Waals surface area contributed by atoms with E-state index in [0.29, 0.717) is 25.0 Å². The zero-order valence-electron chi connectivity index (χ0n) is 14.1. The highest BCUT2D eigenvalue weighted by Crippen LogP contribution is 2.24. The minimum Gasteiger partial charge on any atom is -0.444 e. The van der Waals surface area contributed by atoms with Crippen molar-refractivity contribution in [2.24, 2.45) is 5.92 Å². The largest absolute Gasteiger partial charge is 0.444 e. The number of nitrogens with zero attached hydrogens (tertiary/aromatic N) is 2. The molecule has 0 aliphatic carbocycles. The van der Waals surface area contributed by atoms with E-state index in [4.69, 9.17) is 9.15 Å². The summed E-state index contributed by atoms with van der Waals surface area (Å²) in [5.41, 5.74) is 1.11. The molecule has 1 atom stereocenters. The van der Waals surface area contributed by atoms with Gasteiger partial charge in [-0.2, -0.15) is 4.98 Å². The Morgan fingerprint density at radius 3 is 3.04 bits per heavy atom. The third-order valence-electron chi connectivity index (χ3n) is 3.83. The summed E-state index contributed by atoms with van der Waals surface area (Å²) in [6.07, 6.45) is 0.703. The predicted molar refractivity (Wildman–Crippen MR) is 96.1 cm³/mol. The average molecular weight is 396 g/mol. The van der Waals surface area contributed by atoms with Gasteiger partial charge in [-0.05, 0) is 51.3 Å². The quantitative estimate of drug-likeness (QED) is 0.840. The smallest absolute Gasteiger partial charge is 0.410 e. The highest BCUT2D eigenvalue weighted by molar-refractivity contribution is 9.10. The number of oxazole rings is 1. The molecule has 0 bridgehead atoms. The molecule has 24 heavy (non-hydrogen) atoms. The van der Waals surface area contributed by atoms with Crippen molar-refractivity contribution in [3.63, 3.8) is 0 Å². The number of benzene rings is 1. The number of ether oxygens (including phenoxy) is 1. The van der Waals surface area contributed by atoms with E-state index in [1.165, 1.54) is 0 Å². The zero-order chi connectivity index (χ0) is 17.3. The summed E-state index contributed by atoms with van der Waals surface area (Å²) in [5.74, 6) is 0.360. The van der Waals surface area contributed by atoms with Crippen molar-refractivity contribution in [2.45, 2.75) is 32.8 Å². The minimum absolute atomic E-state index is 0.239. The van der Waals surface area contributed by atoms with Gasteiger partial charge in [0.15, 0.2) is 5.58 Å². The maximum Gasteiger partial charge on any atom is 0.410 e. The van der Waals surface area contributed by atoms with Gasteiger partial charge in [-0.25, -0.2) is 4.79 Å². The number of hydrogen-bond donors (Lipinski definition) is 1. The number of fused-ring (bicyclic) bond motifs is 1. The van der Waals surface area contributed by atoms with E-state index >= 15 is 0 Å². The number of aromatic nitrogens is 1. The first-order chi connectivity index (χ1) is 11.3. The lowest BCUT2D eigenvalue weighted by atomic mass is 10.1. The van der Waals surface area contributed by atoms with Crippen LogP contribution in [0.3, 0.4) is 0 Å². The Hall–Kier alpha value is -1.76. The summed E-state index contributed by atoms with van der Waals surface area (Å²) in [4.78, 5) is 18.3. The lowest BCUT2D eigenvalue weighted by molar-refractivity contribution is 0.0289. The summed E-state index contributed by atoms with van der Waals surface area (Å²) in [6.45, 7) is 7.77. The van der Waals surface area contributed by atoms with Gasteiger partial charge in [-0.15, -0.1) is 0 Å². The Kier molecular flexibility index (Phi) is 4.71. The third kappa shape index (κ3) is 4.20. The molecule has 2 heterocycles. The first-order valence-electron chi connectivity index (χ1n) is 8.08. The third-order valence-corrected chi connectivity index (χ3v) is 4.32. The molecule has 0 saturated carbocycles. The predicted octanol–water partition coefficient (Wildman–Crippen LogP) is 4.26. The fourth-order valence-electron chi connectivity index (χ4n) is 2.70. The van der Waals surface area contributed by atoms with Crippen LogP contribution < -0.4 is 5.32 Å². The Bertz CT molecular complexity index is 738. The van der Waals surface area contributed by atoms with Crippen molar-refractivity contribution in [3.05, 3.63) is 22.7 Å². The molecular weight excluding hydrogens is 374 g/mol. The van der Waals surface area contributed by atoms with E-state index in [9.17, 15) is 4.79 Å². The molecule has 1 aliphatic rings. The van der Waals surface area contributed by atoms with Gasteiger partial charge in [0, 0.05) is 24.1 Å². The van der Waals surface area contributed by atoms with Crippen LogP contribution >= 0.6 is 15.9 Å². The van der Waals surface area contributed by atoms with Gasteiger partial charge in [-0.1, -0.05) is 15.9 Å². The molecule has 6 nitrogen and oxygen atoms in total. The molecule has 1 saturated heterocycles. The fourth-order valence-corrected chi connectivity index (χ4v) is 3.04. The number of amides is 1. The minimum atomic E-state index is -0.458. The molecule has 7 heteroatoms. The summed E-state index contributed by atoms with van der Waals surface area (Å²) < 4.78 is 12.1. The zero-order valence-corrected chi connectivity index (χ0v) is 15.7. The van der Waals surface area contributed by atoms with Crippen LogP contribution in [0.5, 0.6) is 0 Å². The molecule has 130 valence electrons. The average Bonchev–Trinajstić information content (AvgIpc) is 3.09. The van der Waals surface area contributed by atoms with E-state index in [-0.39, 0.29) is 6.09 Å². The van der Waals surface area contributed by atoms with Gasteiger partial charge < -0.3 is 19.4 Å². The summed E-state index contributed by atoms with van der Waals surface area (Å²) in [7, 11) is 0. The van der Waals surface area contributed by atoms with Crippen molar-refractivity contribution in [3.8, 4) is 0 Å². The number of hydrogen-bond acceptors (Lipinski definition) is 5. The van der Waals surface area contributed by atoms with Crippen molar-refractivity contribution in [1.82, 2.24) is 9.88 Å². The van der Waals surface area contributed by atoms with Crippen molar-refractivity contribution in [1.29, 1.82) is 0 Å². The van der Waals surface area contributed by atoms with E-state index in [0.717, 1.165) is 28.5 Å². The second-order valence-corrected chi connectivity index (χ2v) is 8.01. The van der Waals surface area contributed by atoms with Crippen LogP contribution in [0.1, 0.15) is 27.2 Å². The summed E-state index contributed by atoms with van der Waals surface area (Å²) in [5, 5.41) is 3.23. The Labute approximate surface area is 149 Å². The SMILES string of the molecule is CC(C)(C)OC(=O)N1CC[C@H](CNc2nc3ccc(Br)cc3o2)C1. The lowest BCUT2D eigenvalue weighted by Crippen LogP contribution is -2.35. The first kappa shape index (κ1) is 17.1. The molecule has 1 amide bonds. The standard InChI is InChI=1S/C17H22BrN3O3/c1-17(2,3)24-16(22)21-7-6-11(10-21)9-19-15-20-13-5-4-12(18)8-14(13)23-15/h4-5,8,11H,6-7,9-10H2,1-3H3,(H,19,20)/t11-/m1/s1. The Morgan fingerprint density at radius 1 is 1.50 bits per heavy atom. The summed E-state index contributed by atoms with van der Waals surface area (Å²) >= 11 is 3.42. The second kappa shape index (κ2) is 6.63. The maximum atomic E-state index is 12.1. The fraction of sp³-hybridized carbons (Fsp3) is 0.529. The Balaban J connectivity index is 1.53. The number of likely N-dealkylation sites (tertiary alicyclic amines) is 1. The molecule has 0 spiro atoms. The van der Waals surface area contributed by atoms with Gasteiger partial charge in [0.2, 0.25) is 0 Å². The highest BCUT2D eigenvalue weighted by atomic mass is 79.9. The van der Waals surface area contributed by atoms with Gasteiger partial charge in [0.1, 0.15) is 11.1 Å². The molecule has 1 N–H and O–H groups in total. The molecular formula is C17H22BrN3O3. The number of halogens is 1. The van der Waals surface area contributed by atoms with Crippen molar-refractivity contribution < 1.29 is 13.9 Å². The van der Waals surface area contributed by atoms with Crippen LogP contribution in [0, 0.1) is 5.92 Å². The normalized spacial score (nSPS) is 18.2. The van der Waals surface area contributed by atoms with Gasteiger partial charge in [0.05, 0.1) is 0 Å². The lowest BCUT2D eigenvalue weighted by Gasteiger charge is -2.24. The maximum absolute atomic E-state index is 12.1. The van der Waals surface area contributed by atoms with Crippen LogP contribution in [0.4, 0.5) is 10.8 Å². The number of anilines is 1. The number of rotatable bonds is 3. The van der Waals surface area contributed by atoms with Crippen LogP contribution in [-0.2, 0) is 4.74 Å². The van der Waals surface area contributed by atoms with Crippen LogP contribution in [0.15, 0.2) is 27.1 Å². The number of nitrogens with one attached hydrogen (secondary N) is 1. The van der Waals surface area contributed by atoms with Crippen LogP contribution in [0.25, 0.3) is 11.1 Å². The molecule has 3 rings (SSSR count). The Morgan fingerprint density at radius 2 is 2.29 bits per heavy atom. The summed E-state index contributed by atoms with van der Waals surface area (Å²) in [6, 6.07) is 6.25.